The molecule has 0 spiro atoms. The van der Waals surface area contributed by atoms with E-state index >= 15 is 0 Å². The smallest absolute Gasteiger partial charge is 0.417 e. The van der Waals surface area contributed by atoms with E-state index in [2.05, 4.69) is 14.9 Å². The van der Waals surface area contributed by atoms with Crippen LogP contribution in [0.1, 0.15) is 22.6 Å². The molecule has 0 fully saturated rings. The summed E-state index contributed by atoms with van der Waals surface area (Å²) in [6.45, 7) is 1.92. The lowest BCUT2D eigenvalue weighted by Crippen LogP contribution is -2.30. The second-order valence-corrected chi connectivity index (χ2v) is 7.68. The molecule has 4 aromatic rings. The Morgan fingerprint density at radius 3 is 2.69 bits per heavy atom. The molecule has 0 atom stereocenters. The van der Waals surface area contributed by atoms with Crippen LogP contribution in [0, 0.1) is 0 Å². The highest BCUT2D eigenvalue weighted by Crippen LogP contribution is 2.37. The highest BCUT2D eigenvalue weighted by molar-refractivity contribution is 5.63. The Kier molecular flexibility index (Phi) is 5.22. The summed E-state index contributed by atoms with van der Waals surface area (Å²) in [5.74, 6) is 1.49. The van der Waals surface area contributed by atoms with Crippen molar-refractivity contribution in [3.63, 3.8) is 0 Å². The van der Waals surface area contributed by atoms with Crippen molar-refractivity contribution in [3.05, 3.63) is 89.7 Å². The number of alkyl halides is 3. The average Bonchev–Trinajstić information content (AvgIpc) is 3.27. The maximum absolute atomic E-state index is 13.3. The highest BCUT2D eigenvalue weighted by Gasteiger charge is 2.34. The van der Waals surface area contributed by atoms with Crippen LogP contribution in [0.25, 0.3) is 22.7 Å². The summed E-state index contributed by atoms with van der Waals surface area (Å²) in [6.07, 6.45) is 1.61. The summed E-state index contributed by atoms with van der Waals surface area (Å²) in [7, 11) is 0. The number of aromatic nitrogens is 3. The van der Waals surface area contributed by atoms with Gasteiger partial charge in [-0.3, -0.25) is 9.88 Å². The van der Waals surface area contributed by atoms with Gasteiger partial charge < -0.3 is 4.42 Å². The van der Waals surface area contributed by atoms with Gasteiger partial charge in [0.25, 0.3) is 0 Å². The number of nitrogens with zero attached hydrogens (tertiary/aromatic N) is 4. The molecule has 0 saturated heterocycles. The number of halogens is 3. The molecule has 1 aromatic carbocycles. The Morgan fingerprint density at radius 2 is 1.88 bits per heavy atom. The van der Waals surface area contributed by atoms with Crippen LogP contribution >= 0.6 is 0 Å². The van der Waals surface area contributed by atoms with Crippen molar-refractivity contribution < 1.29 is 17.6 Å². The number of fused-ring (bicyclic) bond motifs is 1. The lowest BCUT2D eigenvalue weighted by Gasteiger charge is -2.27. The number of hydrogen-bond donors (Lipinski definition) is 0. The van der Waals surface area contributed by atoms with Gasteiger partial charge in [-0.25, -0.2) is 9.97 Å². The third-order valence-corrected chi connectivity index (χ3v) is 5.47. The Bertz CT molecular complexity index is 1240. The van der Waals surface area contributed by atoms with Crippen LogP contribution in [0.4, 0.5) is 13.2 Å². The second-order valence-electron chi connectivity index (χ2n) is 7.68. The molecule has 4 heterocycles. The predicted octanol–water partition coefficient (Wildman–Crippen LogP) is 5.38. The minimum atomic E-state index is -4.44. The van der Waals surface area contributed by atoms with E-state index in [0.717, 1.165) is 35.9 Å². The summed E-state index contributed by atoms with van der Waals surface area (Å²) in [5, 5.41) is 0. The molecule has 32 heavy (non-hydrogen) atoms. The molecule has 0 radical (unpaired) electrons. The number of furan rings is 1. The Labute approximate surface area is 182 Å². The fourth-order valence-electron chi connectivity index (χ4n) is 3.92. The summed E-state index contributed by atoms with van der Waals surface area (Å²) in [5.41, 5.74) is 2.27. The highest BCUT2D eigenvalue weighted by atomic mass is 19.4. The van der Waals surface area contributed by atoms with Gasteiger partial charge in [-0.2, -0.15) is 13.2 Å². The number of pyridine rings is 1. The van der Waals surface area contributed by atoms with Gasteiger partial charge in [0.1, 0.15) is 11.5 Å². The molecule has 0 aliphatic carbocycles. The molecule has 8 heteroatoms. The zero-order chi connectivity index (χ0) is 22.1. The fraction of sp³-hybridized carbons (Fsp3) is 0.208. The van der Waals surface area contributed by atoms with E-state index in [4.69, 9.17) is 9.40 Å². The van der Waals surface area contributed by atoms with Gasteiger partial charge in [0.2, 0.25) is 0 Å². The first-order valence-electron chi connectivity index (χ1n) is 10.2. The van der Waals surface area contributed by atoms with Gasteiger partial charge >= 0.3 is 6.18 Å². The van der Waals surface area contributed by atoms with Crippen LogP contribution in [0.5, 0.6) is 0 Å². The van der Waals surface area contributed by atoms with E-state index in [-0.39, 0.29) is 11.3 Å². The lowest BCUT2D eigenvalue weighted by molar-refractivity contribution is -0.137. The van der Waals surface area contributed by atoms with E-state index in [1.165, 1.54) is 12.1 Å². The Balaban J connectivity index is 1.31. The Morgan fingerprint density at radius 1 is 1.00 bits per heavy atom. The molecule has 0 amide bonds. The molecule has 1 aliphatic rings. The zero-order valence-electron chi connectivity index (χ0n) is 17.0. The van der Waals surface area contributed by atoms with Crippen LogP contribution < -0.4 is 0 Å². The maximum Gasteiger partial charge on any atom is 0.417 e. The van der Waals surface area contributed by atoms with Crippen molar-refractivity contribution in [1.29, 1.82) is 0 Å². The number of rotatable bonds is 4. The summed E-state index contributed by atoms with van der Waals surface area (Å²) < 4.78 is 45.8. The van der Waals surface area contributed by atoms with E-state index in [1.54, 1.807) is 30.6 Å². The minimum absolute atomic E-state index is 0.0478. The normalized spacial score (nSPS) is 14.3. The van der Waals surface area contributed by atoms with E-state index in [0.29, 0.717) is 24.7 Å². The Hall–Kier alpha value is -3.52. The summed E-state index contributed by atoms with van der Waals surface area (Å²) >= 11 is 0. The molecule has 0 N–H and O–H groups in total. The second kappa shape index (κ2) is 8.20. The fourth-order valence-corrected chi connectivity index (χ4v) is 3.92. The summed E-state index contributed by atoms with van der Waals surface area (Å²) in [4.78, 5) is 15.5. The molecule has 162 valence electrons. The van der Waals surface area contributed by atoms with Gasteiger partial charge in [0, 0.05) is 54.8 Å². The van der Waals surface area contributed by atoms with Crippen LogP contribution in [-0.2, 0) is 25.7 Å². The first-order valence-corrected chi connectivity index (χ1v) is 10.2. The molecule has 5 nitrogen and oxygen atoms in total. The van der Waals surface area contributed by atoms with Crippen molar-refractivity contribution in [3.8, 4) is 22.7 Å². The van der Waals surface area contributed by atoms with Crippen molar-refractivity contribution >= 4 is 0 Å². The van der Waals surface area contributed by atoms with Crippen LogP contribution in [-0.4, -0.2) is 26.4 Å². The molecular formula is C24H19F3N4O. The largest absolute Gasteiger partial charge is 0.460 e. The molecule has 3 aromatic heterocycles. The topological polar surface area (TPSA) is 55.1 Å². The predicted molar refractivity (Wildman–Crippen MR) is 112 cm³/mol. The first kappa shape index (κ1) is 20.4. The van der Waals surface area contributed by atoms with Crippen molar-refractivity contribution in [2.24, 2.45) is 0 Å². The third kappa shape index (κ3) is 4.13. The number of hydrogen-bond acceptors (Lipinski definition) is 5. The molecule has 0 bridgehead atoms. The van der Waals surface area contributed by atoms with Gasteiger partial charge in [-0.1, -0.05) is 18.2 Å². The molecule has 1 aliphatic heterocycles. The molecular weight excluding hydrogens is 417 g/mol. The average molecular weight is 436 g/mol. The minimum Gasteiger partial charge on any atom is -0.460 e. The van der Waals surface area contributed by atoms with Gasteiger partial charge in [0.15, 0.2) is 5.82 Å². The SMILES string of the molecule is FC(F)(F)c1ccccc1-c1ccc(CN2CCc3nc(-c4cccnc4)ncc3C2)o1. The van der Waals surface area contributed by atoms with E-state index < -0.39 is 11.7 Å². The van der Waals surface area contributed by atoms with Crippen molar-refractivity contribution in [2.75, 3.05) is 6.54 Å². The first-order chi connectivity index (χ1) is 15.5. The van der Waals surface area contributed by atoms with Crippen LogP contribution in [0.15, 0.2) is 71.5 Å². The van der Waals surface area contributed by atoms with Gasteiger partial charge in [-0.05, 0) is 30.3 Å². The molecule has 0 saturated carbocycles. The van der Waals surface area contributed by atoms with Crippen molar-refractivity contribution in [2.45, 2.75) is 25.7 Å². The third-order valence-electron chi connectivity index (χ3n) is 5.47. The van der Waals surface area contributed by atoms with E-state index in [1.807, 2.05) is 18.3 Å². The quantitative estimate of drug-likeness (QED) is 0.430. The van der Waals surface area contributed by atoms with Crippen molar-refractivity contribution in [1.82, 2.24) is 19.9 Å². The standard InChI is InChI=1S/C24H19F3N4O/c25-24(26,27)20-6-2-1-5-19(20)22-8-7-18(32-22)15-31-11-9-21-17(14-31)13-29-23(30-21)16-4-3-10-28-12-16/h1-8,10,12-13H,9,11,14-15H2. The zero-order valence-corrected chi connectivity index (χ0v) is 17.0. The maximum atomic E-state index is 13.3. The van der Waals surface area contributed by atoms with E-state index in [9.17, 15) is 13.2 Å². The number of benzene rings is 1. The van der Waals surface area contributed by atoms with Gasteiger partial charge in [0.05, 0.1) is 17.8 Å². The monoisotopic (exact) mass is 436 g/mol. The van der Waals surface area contributed by atoms with Gasteiger partial charge in [-0.15, -0.1) is 0 Å². The summed E-state index contributed by atoms with van der Waals surface area (Å²) in [6, 6.07) is 12.6. The molecule has 5 rings (SSSR count). The lowest BCUT2D eigenvalue weighted by atomic mass is 10.1. The molecule has 0 unspecified atom stereocenters. The van der Waals surface area contributed by atoms with Crippen LogP contribution in [0.2, 0.25) is 0 Å². The van der Waals surface area contributed by atoms with Crippen LogP contribution in [0.3, 0.4) is 0 Å².